The molecule has 1 aliphatic heterocycles. The summed E-state index contributed by atoms with van der Waals surface area (Å²) in [6.07, 6.45) is 0.648. The summed E-state index contributed by atoms with van der Waals surface area (Å²) in [7, 11) is 0. The predicted octanol–water partition coefficient (Wildman–Crippen LogP) is 1.54. The molecular weight excluding hydrogens is 204 g/mol. The monoisotopic (exact) mass is 214 g/mol. The molecule has 0 unspecified atom stereocenters. The highest BCUT2D eigenvalue weighted by Gasteiger charge is 2.18. The largest absolute Gasteiger partial charge is 0.485 e. The molecule has 2 heterocycles. The van der Waals surface area contributed by atoms with Gasteiger partial charge in [0.15, 0.2) is 11.5 Å². The van der Waals surface area contributed by atoms with Crippen LogP contribution in [0.5, 0.6) is 11.5 Å². The van der Waals surface area contributed by atoms with Gasteiger partial charge in [-0.1, -0.05) is 0 Å². The molecule has 4 nitrogen and oxygen atoms in total. The lowest BCUT2D eigenvalue weighted by molar-refractivity contribution is -0.136. The average Bonchev–Trinajstić information content (AvgIpc) is 2.58. The van der Waals surface area contributed by atoms with Crippen LogP contribution in [-0.4, -0.2) is 24.3 Å². The molecule has 0 aliphatic carbocycles. The molecule has 0 fully saturated rings. The summed E-state index contributed by atoms with van der Waals surface area (Å²) in [6, 6.07) is 0. The second-order valence-corrected chi connectivity index (χ2v) is 3.91. The fourth-order valence-electron chi connectivity index (χ4n) is 1.31. The number of carboxylic acids is 1. The fourth-order valence-corrected chi connectivity index (χ4v) is 2.22. The average molecular weight is 214 g/mol. The SMILES string of the molecule is O=C(O)CCc1scc2c1OCCO2. The topological polar surface area (TPSA) is 55.8 Å². The van der Waals surface area contributed by atoms with E-state index in [1.54, 1.807) is 0 Å². The first-order valence-corrected chi connectivity index (χ1v) is 5.23. The van der Waals surface area contributed by atoms with E-state index in [1.807, 2.05) is 5.38 Å². The molecule has 0 saturated carbocycles. The van der Waals surface area contributed by atoms with E-state index in [0.717, 1.165) is 16.4 Å². The minimum Gasteiger partial charge on any atom is -0.485 e. The fraction of sp³-hybridized carbons (Fsp3) is 0.444. The minimum atomic E-state index is -0.788. The van der Waals surface area contributed by atoms with Crippen molar-refractivity contribution in [1.29, 1.82) is 0 Å². The van der Waals surface area contributed by atoms with Crippen LogP contribution in [0.4, 0.5) is 0 Å². The van der Waals surface area contributed by atoms with Gasteiger partial charge in [-0.3, -0.25) is 4.79 Å². The van der Waals surface area contributed by atoms with Crippen LogP contribution >= 0.6 is 11.3 Å². The summed E-state index contributed by atoms with van der Waals surface area (Å²) in [5.74, 6) is 0.702. The van der Waals surface area contributed by atoms with Crippen molar-refractivity contribution >= 4 is 17.3 Å². The van der Waals surface area contributed by atoms with E-state index in [4.69, 9.17) is 14.6 Å². The number of rotatable bonds is 3. The first-order chi connectivity index (χ1) is 6.77. The lowest BCUT2D eigenvalue weighted by Gasteiger charge is -2.15. The van der Waals surface area contributed by atoms with Gasteiger partial charge in [-0.15, -0.1) is 11.3 Å². The highest BCUT2D eigenvalue weighted by molar-refractivity contribution is 7.10. The first-order valence-electron chi connectivity index (χ1n) is 4.35. The quantitative estimate of drug-likeness (QED) is 0.829. The molecule has 0 spiro atoms. The van der Waals surface area contributed by atoms with E-state index in [9.17, 15) is 4.79 Å². The first kappa shape index (κ1) is 9.33. The van der Waals surface area contributed by atoms with Crippen molar-refractivity contribution in [1.82, 2.24) is 0 Å². The van der Waals surface area contributed by atoms with Crippen molar-refractivity contribution in [3.63, 3.8) is 0 Å². The number of hydrogen-bond acceptors (Lipinski definition) is 4. The standard InChI is InChI=1S/C9H10O4S/c10-8(11)2-1-7-9-6(5-14-7)12-3-4-13-9/h5H,1-4H2,(H,10,11). The van der Waals surface area contributed by atoms with Crippen molar-refractivity contribution in [2.24, 2.45) is 0 Å². The van der Waals surface area contributed by atoms with Crippen LogP contribution in [0.15, 0.2) is 5.38 Å². The van der Waals surface area contributed by atoms with Crippen molar-refractivity contribution in [3.05, 3.63) is 10.3 Å². The van der Waals surface area contributed by atoms with E-state index < -0.39 is 5.97 Å². The summed E-state index contributed by atoms with van der Waals surface area (Å²) in [6.45, 7) is 1.12. The molecule has 1 N–H and O–H groups in total. The van der Waals surface area contributed by atoms with Gasteiger partial charge in [-0.05, 0) is 6.42 Å². The van der Waals surface area contributed by atoms with E-state index in [2.05, 4.69) is 0 Å². The lowest BCUT2D eigenvalue weighted by atomic mass is 10.2. The van der Waals surface area contributed by atoms with Crippen molar-refractivity contribution in [2.45, 2.75) is 12.8 Å². The van der Waals surface area contributed by atoms with Gasteiger partial charge in [-0.25, -0.2) is 0 Å². The number of thiophene rings is 1. The molecule has 76 valence electrons. The zero-order valence-electron chi connectivity index (χ0n) is 7.49. The zero-order chi connectivity index (χ0) is 9.97. The van der Waals surface area contributed by atoms with Gasteiger partial charge >= 0.3 is 5.97 Å². The Kier molecular flexibility index (Phi) is 2.58. The summed E-state index contributed by atoms with van der Waals surface area (Å²) in [5, 5.41) is 10.4. The highest BCUT2D eigenvalue weighted by Crippen LogP contribution is 2.39. The predicted molar refractivity (Wildman–Crippen MR) is 51.3 cm³/mol. The molecule has 0 amide bonds. The molecule has 2 rings (SSSR count). The number of aryl methyl sites for hydroxylation is 1. The molecule has 0 aromatic carbocycles. The van der Waals surface area contributed by atoms with Crippen LogP contribution in [0.25, 0.3) is 0 Å². The van der Waals surface area contributed by atoms with Crippen molar-refractivity contribution in [3.8, 4) is 11.5 Å². The number of hydrogen-bond donors (Lipinski definition) is 1. The molecule has 1 aromatic heterocycles. The van der Waals surface area contributed by atoms with Gasteiger partial charge < -0.3 is 14.6 Å². The Bertz CT molecular complexity index is 345. The minimum absolute atomic E-state index is 0.135. The molecule has 5 heteroatoms. The van der Waals surface area contributed by atoms with Gasteiger partial charge in [-0.2, -0.15) is 0 Å². The Morgan fingerprint density at radius 3 is 3.07 bits per heavy atom. The Hall–Kier alpha value is -1.23. The van der Waals surface area contributed by atoms with Gasteiger partial charge in [0.25, 0.3) is 0 Å². The number of ether oxygens (including phenoxy) is 2. The third-order valence-corrected chi connectivity index (χ3v) is 2.94. The smallest absolute Gasteiger partial charge is 0.303 e. The van der Waals surface area contributed by atoms with E-state index in [-0.39, 0.29) is 6.42 Å². The van der Waals surface area contributed by atoms with E-state index in [0.29, 0.717) is 19.6 Å². The molecule has 14 heavy (non-hydrogen) atoms. The summed E-state index contributed by atoms with van der Waals surface area (Å²) < 4.78 is 10.8. The maximum absolute atomic E-state index is 10.4. The molecular formula is C9H10O4S. The maximum Gasteiger partial charge on any atom is 0.303 e. The van der Waals surface area contributed by atoms with Crippen molar-refractivity contribution < 1.29 is 19.4 Å². The molecule has 0 radical (unpaired) electrons. The Labute approximate surface area is 85.1 Å². The van der Waals surface area contributed by atoms with Gasteiger partial charge in [0.1, 0.15) is 13.2 Å². The Morgan fingerprint density at radius 2 is 2.29 bits per heavy atom. The summed E-state index contributed by atoms with van der Waals surface area (Å²) in [5.41, 5.74) is 0. The van der Waals surface area contributed by atoms with E-state index in [1.165, 1.54) is 11.3 Å². The van der Waals surface area contributed by atoms with Crippen LogP contribution in [0.1, 0.15) is 11.3 Å². The third kappa shape index (κ3) is 1.82. The number of carboxylic acid groups (broad SMARTS) is 1. The van der Waals surface area contributed by atoms with Crippen LogP contribution in [-0.2, 0) is 11.2 Å². The lowest BCUT2D eigenvalue weighted by Crippen LogP contribution is -2.14. The maximum atomic E-state index is 10.4. The van der Waals surface area contributed by atoms with Crippen LogP contribution < -0.4 is 9.47 Å². The highest BCUT2D eigenvalue weighted by atomic mass is 32.1. The van der Waals surface area contributed by atoms with Crippen LogP contribution in [0, 0.1) is 0 Å². The van der Waals surface area contributed by atoms with Gasteiger partial charge in [0, 0.05) is 5.38 Å². The van der Waals surface area contributed by atoms with Gasteiger partial charge in [0.05, 0.1) is 11.3 Å². The molecule has 0 bridgehead atoms. The second-order valence-electron chi connectivity index (χ2n) is 2.94. The number of carbonyl (C=O) groups is 1. The number of fused-ring (bicyclic) bond motifs is 1. The van der Waals surface area contributed by atoms with Gasteiger partial charge in [0.2, 0.25) is 0 Å². The molecule has 1 aromatic rings. The Morgan fingerprint density at radius 1 is 1.50 bits per heavy atom. The number of aliphatic carboxylic acids is 1. The van der Waals surface area contributed by atoms with E-state index >= 15 is 0 Å². The summed E-state index contributed by atoms with van der Waals surface area (Å²) >= 11 is 1.49. The van der Waals surface area contributed by atoms with Crippen LogP contribution in [0.3, 0.4) is 0 Å². The molecule has 0 atom stereocenters. The summed E-state index contributed by atoms with van der Waals surface area (Å²) in [4.78, 5) is 11.4. The normalized spacial score (nSPS) is 14.0. The zero-order valence-corrected chi connectivity index (χ0v) is 8.30. The third-order valence-electron chi connectivity index (χ3n) is 1.94. The second kappa shape index (κ2) is 3.88. The molecule has 1 aliphatic rings. The Balaban J connectivity index is 2.10. The molecule has 0 saturated heterocycles. The van der Waals surface area contributed by atoms with Crippen LogP contribution in [0.2, 0.25) is 0 Å². The van der Waals surface area contributed by atoms with Crippen molar-refractivity contribution in [2.75, 3.05) is 13.2 Å².